The van der Waals surface area contributed by atoms with E-state index in [9.17, 15) is 19.7 Å². The van der Waals surface area contributed by atoms with Gasteiger partial charge in [-0.25, -0.2) is 0 Å². The molecule has 0 unspecified atom stereocenters. The second-order valence-corrected chi connectivity index (χ2v) is 5.89. The number of hydrogen-bond acceptors (Lipinski definition) is 6. The average Bonchev–Trinajstić information content (AvgIpc) is 2.54. The molecule has 2 rings (SSSR count). The van der Waals surface area contributed by atoms with Crippen molar-refractivity contribution in [2.24, 2.45) is 5.92 Å². The third kappa shape index (κ3) is 4.34. The summed E-state index contributed by atoms with van der Waals surface area (Å²) in [6.45, 7) is 3.98. The highest BCUT2D eigenvalue weighted by Gasteiger charge is 2.40. The smallest absolute Gasteiger partial charge is 0.315 e. The molecule has 1 aromatic rings. The Morgan fingerprint density at radius 1 is 1.48 bits per heavy atom. The van der Waals surface area contributed by atoms with Crippen LogP contribution in [0.3, 0.4) is 0 Å². The van der Waals surface area contributed by atoms with Crippen molar-refractivity contribution in [3.8, 4) is 0 Å². The topological polar surface area (TPSA) is 108 Å². The first-order chi connectivity index (χ1) is 11.8. The predicted octanol–water partition coefficient (Wildman–Crippen LogP) is 2.17. The molecule has 1 aromatic carbocycles. The molecule has 8 nitrogen and oxygen atoms in total. The maximum atomic E-state index is 12.4. The molecule has 1 saturated heterocycles. The number of non-ortho nitro benzene ring substituents is 1. The van der Waals surface area contributed by atoms with Crippen LogP contribution in [0.15, 0.2) is 30.5 Å². The number of carbonyl (C=O) groups excluding carboxylic acids is 2. The zero-order chi connectivity index (χ0) is 18.6. The monoisotopic (exact) mass is 368 g/mol. The SMILES string of the molecule is C=C1NC(=O)C[C@H](c2cc([N+](=O)[O-])ccc2Cl)[C@@H]1C(=O)OCCOC. The Hall–Kier alpha value is -2.45. The fourth-order valence-corrected chi connectivity index (χ4v) is 2.97. The molecular weight excluding hydrogens is 352 g/mol. The van der Waals surface area contributed by atoms with Crippen molar-refractivity contribution in [3.05, 3.63) is 51.2 Å². The van der Waals surface area contributed by atoms with Crippen molar-refractivity contribution in [3.63, 3.8) is 0 Å². The van der Waals surface area contributed by atoms with E-state index in [1.807, 2.05) is 0 Å². The Balaban J connectivity index is 2.38. The van der Waals surface area contributed by atoms with Gasteiger partial charge in [0, 0.05) is 42.3 Å². The Morgan fingerprint density at radius 2 is 2.20 bits per heavy atom. The van der Waals surface area contributed by atoms with Gasteiger partial charge in [-0.2, -0.15) is 0 Å². The summed E-state index contributed by atoms with van der Waals surface area (Å²) in [4.78, 5) is 34.8. The molecule has 1 N–H and O–H groups in total. The maximum absolute atomic E-state index is 12.4. The summed E-state index contributed by atoms with van der Waals surface area (Å²) < 4.78 is 9.97. The highest BCUT2D eigenvalue weighted by atomic mass is 35.5. The van der Waals surface area contributed by atoms with Gasteiger partial charge in [0.15, 0.2) is 0 Å². The molecule has 25 heavy (non-hydrogen) atoms. The molecule has 0 radical (unpaired) electrons. The van der Waals surface area contributed by atoms with E-state index in [0.29, 0.717) is 5.56 Å². The van der Waals surface area contributed by atoms with Crippen LogP contribution in [-0.4, -0.2) is 37.1 Å². The third-order valence-electron chi connectivity index (χ3n) is 3.86. The van der Waals surface area contributed by atoms with E-state index in [2.05, 4.69) is 11.9 Å². The molecule has 0 aliphatic carbocycles. The van der Waals surface area contributed by atoms with Crippen molar-refractivity contribution in [2.45, 2.75) is 12.3 Å². The van der Waals surface area contributed by atoms with Crippen LogP contribution < -0.4 is 5.32 Å². The number of nitro benzene ring substituents is 1. The van der Waals surface area contributed by atoms with Gasteiger partial charge in [0.2, 0.25) is 5.91 Å². The standard InChI is InChI=1S/C16H17ClN2O6/c1-9-15(16(21)25-6-5-24-2)12(8-14(20)18-9)11-7-10(19(22)23)3-4-13(11)17/h3-4,7,12,15H,1,5-6,8H2,2H3,(H,18,20)/t12-,15-/m1/s1. The number of halogens is 1. The highest BCUT2D eigenvalue weighted by Crippen LogP contribution is 2.40. The van der Waals surface area contributed by atoms with Gasteiger partial charge in [-0.05, 0) is 11.6 Å². The van der Waals surface area contributed by atoms with Crippen molar-refractivity contribution < 1.29 is 24.0 Å². The number of carbonyl (C=O) groups is 2. The molecule has 134 valence electrons. The molecule has 1 heterocycles. The van der Waals surface area contributed by atoms with E-state index in [4.69, 9.17) is 21.1 Å². The third-order valence-corrected chi connectivity index (χ3v) is 4.20. The maximum Gasteiger partial charge on any atom is 0.315 e. The van der Waals surface area contributed by atoms with Gasteiger partial charge >= 0.3 is 5.97 Å². The number of methoxy groups -OCH3 is 1. The molecule has 0 saturated carbocycles. The van der Waals surface area contributed by atoms with Crippen molar-refractivity contribution in [1.82, 2.24) is 5.32 Å². The molecule has 2 atom stereocenters. The number of esters is 1. The zero-order valence-corrected chi connectivity index (χ0v) is 14.2. The summed E-state index contributed by atoms with van der Waals surface area (Å²) >= 11 is 6.17. The Morgan fingerprint density at radius 3 is 2.84 bits per heavy atom. The van der Waals surface area contributed by atoms with Crippen molar-refractivity contribution in [1.29, 1.82) is 0 Å². The molecule has 0 aromatic heterocycles. The quantitative estimate of drug-likeness (QED) is 0.357. The second-order valence-electron chi connectivity index (χ2n) is 5.48. The highest BCUT2D eigenvalue weighted by molar-refractivity contribution is 6.31. The van der Waals surface area contributed by atoms with Crippen LogP contribution in [0.4, 0.5) is 5.69 Å². The fourth-order valence-electron chi connectivity index (χ4n) is 2.71. The number of amides is 1. The number of ether oxygens (including phenoxy) is 2. The lowest BCUT2D eigenvalue weighted by Gasteiger charge is -2.32. The van der Waals surface area contributed by atoms with Gasteiger partial charge in [-0.15, -0.1) is 0 Å². The summed E-state index contributed by atoms with van der Waals surface area (Å²) in [5.74, 6) is -2.55. The molecule has 1 aliphatic rings. The number of benzene rings is 1. The van der Waals surface area contributed by atoms with E-state index in [-0.39, 0.29) is 41.9 Å². The van der Waals surface area contributed by atoms with Crippen molar-refractivity contribution in [2.75, 3.05) is 20.3 Å². The van der Waals surface area contributed by atoms with Crippen LogP contribution in [0.5, 0.6) is 0 Å². The van der Waals surface area contributed by atoms with Gasteiger partial charge in [0.1, 0.15) is 12.5 Å². The number of nitro groups is 1. The molecule has 0 bridgehead atoms. The normalized spacial score (nSPS) is 20.1. The fraction of sp³-hybridized carbons (Fsp3) is 0.375. The second kappa shape index (κ2) is 8.09. The van der Waals surface area contributed by atoms with Gasteiger partial charge < -0.3 is 14.8 Å². The summed E-state index contributed by atoms with van der Waals surface area (Å²) in [6, 6.07) is 3.90. The van der Waals surface area contributed by atoms with Gasteiger partial charge in [-0.3, -0.25) is 19.7 Å². The first-order valence-corrected chi connectivity index (χ1v) is 7.81. The van der Waals surface area contributed by atoms with E-state index in [1.54, 1.807) is 0 Å². The lowest BCUT2D eigenvalue weighted by atomic mass is 9.79. The van der Waals surface area contributed by atoms with Crippen molar-refractivity contribution >= 4 is 29.2 Å². The lowest BCUT2D eigenvalue weighted by Crippen LogP contribution is -2.41. The Labute approximate surface area is 148 Å². The number of piperidine rings is 1. The first-order valence-electron chi connectivity index (χ1n) is 7.43. The van der Waals surface area contributed by atoms with Gasteiger partial charge in [0.05, 0.1) is 11.5 Å². The van der Waals surface area contributed by atoms with E-state index < -0.39 is 22.7 Å². The van der Waals surface area contributed by atoms with E-state index in [1.165, 1.54) is 25.3 Å². The van der Waals surface area contributed by atoms with E-state index in [0.717, 1.165) is 0 Å². The summed E-state index contributed by atoms with van der Waals surface area (Å²) in [5.41, 5.74) is 0.328. The number of hydrogen-bond donors (Lipinski definition) is 1. The predicted molar refractivity (Wildman–Crippen MR) is 89.1 cm³/mol. The molecule has 1 aliphatic heterocycles. The van der Waals surface area contributed by atoms with Gasteiger partial charge in [0.25, 0.3) is 5.69 Å². The molecule has 1 amide bonds. The molecule has 1 fully saturated rings. The zero-order valence-electron chi connectivity index (χ0n) is 13.5. The van der Waals surface area contributed by atoms with Crippen LogP contribution in [0.1, 0.15) is 17.9 Å². The summed E-state index contributed by atoms with van der Waals surface area (Å²) in [5, 5.41) is 13.8. The number of nitrogens with zero attached hydrogens (tertiary/aromatic N) is 1. The molecular formula is C16H17ClN2O6. The Kier molecular flexibility index (Phi) is 6.11. The minimum absolute atomic E-state index is 0.0441. The average molecular weight is 369 g/mol. The van der Waals surface area contributed by atoms with Crippen LogP contribution in [0.25, 0.3) is 0 Å². The summed E-state index contributed by atoms with van der Waals surface area (Å²) in [7, 11) is 1.47. The summed E-state index contributed by atoms with van der Waals surface area (Å²) in [6.07, 6.45) is -0.0655. The van der Waals surface area contributed by atoms with Crippen LogP contribution in [-0.2, 0) is 19.1 Å². The number of nitrogens with one attached hydrogen (secondary N) is 1. The minimum Gasteiger partial charge on any atom is -0.463 e. The molecule has 0 spiro atoms. The first kappa shape index (κ1) is 18.9. The number of rotatable bonds is 6. The minimum atomic E-state index is -0.894. The van der Waals surface area contributed by atoms with E-state index >= 15 is 0 Å². The largest absolute Gasteiger partial charge is 0.463 e. The van der Waals surface area contributed by atoms with Crippen LogP contribution in [0, 0.1) is 16.0 Å². The van der Waals surface area contributed by atoms with Crippen LogP contribution in [0.2, 0.25) is 5.02 Å². The van der Waals surface area contributed by atoms with Crippen LogP contribution >= 0.6 is 11.6 Å². The molecule has 9 heteroatoms. The Bertz CT molecular complexity index is 721. The lowest BCUT2D eigenvalue weighted by molar-refractivity contribution is -0.384. The van der Waals surface area contributed by atoms with Gasteiger partial charge in [-0.1, -0.05) is 18.2 Å².